The number of ether oxygens (including phenoxy) is 1. The summed E-state index contributed by atoms with van der Waals surface area (Å²) in [5, 5.41) is 0. The second-order valence-electron chi connectivity index (χ2n) is 6.10. The molecule has 0 saturated heterocycles. The van der Waals surface area contributed by atoms with Gasteiger partial charge in [-0.2, -0.15) is 22.0 Å². The smallest absolute Gasteiger partial charge is 0.453 e. The van der Waals surface area contributed by atoms with E-state index < -0.39 is 24.6 Å². The lowest BCUT2D eigenvalue weighted by Gasteiger charge is -2.20. The van der Waals surface area contributed by atoms with Gasteiger partial charge in [0.2, 0.25) is 0 Å². The number of benzene rings is 1. The maximum absolute atomic E-state index is 12.9. The molecule has 0 unspecified atom stereocenters. The lowest BCUT2D eigenvalue weighted by Crippen LogP contribution is -2.36. The summed E-state index contributed by atoms with van der Waals surface area (Å²) in [6.07, 6.45) is -5.45. The standard InChI is InChI=1S/C18H24F5NO2/c1-2-26-16(25)7-3-5-13-8-10-14(11-9-13)15(24)6-4-12-17(19,20)18(21,22)23/h8-11,15H,2-7,12,24H2,1H3/t15-/m1/s1. The van der Waals surface area contributed by atoms with Gasteiger partial charge in [-0.05, 0) is 43.7 Å². The van der Waals surface area contributed by atoms with Crippen molar-refractivity contribution in [2.75, 3.05) is 6.61 Å². The molecule has 26 heavy (non-hydrogen) atoms. The molecule has 0 saturated carbocycles. The quantitative estimate of drug-likeness (QED) is 0.461. The van der Waals surface area contributed by atoms with Gasteiger partial charge in [-0.3, -0.25) is 4.79 Å². The molecule has 0 aliphatic carbocycles. The largest absolute Gasteiger partial charge is 0.466 e. The minimum Gasteiger partial charge on any atom is -0.466 e. The van der Waals surface area contributed by atoms with Crippen molar-refractivity contribution < 1.29 is 31.5 Å². The van der Waals surface area contributed by atoms with E-state index in [1.54, 1.807) is 19.1 Å². The van der Waals surface area contributed by atoms with E-state index in [0.29, 0.717) is 31.4 Å². The molecule has 8 heteroatoms. The van der Waals surface area contributed by atoms with Gasteiger partial charge in [0, 0.05) is 18.9 Å². The van der Waals surface area contributed by atoms with E-state index in [4.69, 9.17) is 10.5 Å². The summed E-state index contributed by atoms with van der Waals surface area (Å²) in [6, 6.07) is 6.47. The van der Waals surface area contributed by atoms with Gasteiger partial charge >= 0.3 is 18.1 Å². The maximum atomic E-state index is 12.9. The minimum absolute atomic E-state index is 0.0356. The predicted octanol–water partition coefficient (Wildman–Crippen LogP) is 4.94. The molecule has 1 rings (SSSR count). The van der Waals surface area contributed by atoms with Crippen molar-refractivity contribution in [1.82, 2.24) is 0 Å². The molecule has 0 aliphatic heterocycles. The van der Waals surface area contributed by atoms with E-state index in [9.17, 15) is 26.7 Å². The molecular weight excluding hydrogens is 357 g/mol. The average Bonchev–Trinajstić information content (AvgIpc) is 2.54. The summed E-state index contributed by atoms with van der Waals surface area (Å²) < 4.78 is 66.9. The molecule has 1 aromatic rings. The number of carbonyl (C=O) groups excluding carboxylic acids is 1. The highest BCUT2D eigenvalue weighted by atomic mass is 19.4. The number of hydrogen-bond donors (Lipinski definition) is 1. The van der Waals surface area contributed by atoms with Crippen LogP contribution in [-0.4, -0.2) is 24.7 Å². The molecule has 0 aliphatic rings. The van der Waals surface area contributed by atoms with E-state index in [2.05, 4.69) is 0 Å². The molecular formula is C18H24F5NO2. The highest BCUT2D eigenvalue weighted by Gasteiger charge is 2.56. The normalized spacial score (nSPS) is 13.5. The zero-order chi connectivity index (χ0) is 19.8. The van der Waals surface area contributed by atoms with E-state index in [1.165, 1.54) is 0 Å². The summed E-state index contributed by atoms with van der Waals surface area (Å²) in [5.41, 5.74) is 7.53. The van der Waals surface area contributed by atoms with Crippen LogP contribution in [0.25, 0.3) is 0 Å². The fraction of sp³-hybridized carbons (Fsp3) is 0.611. The molecule has 1 atom stereocenters. The van der Waals surface area contributed by atoms with Gasteiger partial charge in [0.15, 0.2) is 0 Å². The number of carbonyl (C=O) groups is 1. The predicted molar refractivity (Wildman–Crippen MR) is 87.8 cm³/mol. The Balaban J connectivity index is 2.41. The molecule has 0 radical (unpaired) electrons. The lowest BCUT2D eigenvalue weighted by atomic mass is 9.98. The minimum atomic E-state index is -5.53. The Kier molecular flexibility index (Phi) is 8.46. The molecule has 0 aromatic heterocycles. The lowest BCUT2D eigenvalue weighted by molar-refractivity contribution is -0.284. The van der Waals surface area contributed by atoms with Crippen LogP contribution < -0.4 is 5.73 Å². The van der Waals surface area contributed by atoms with Crippen LogP contribution in [0.4, 0.5) is 22.0 Å². The van der Waals surface area contributed by atoms with Crippen molar-refractivity contribution in [3.05, 3.63) is 35.4 Å². The van der Waals surface area contributed by atoms with Crippen molar-refractivity contribution in [2.45, 2.75) is 63.6 Å². The van der Waals surface area contributed by atoms with Crippen molar-refractivity contribution in [3.63, 3.8) is 0 Å². The van der Waals surface area contributed by atoms with Crippen LogP contribution >= 0.6 is 0 Å². The third-order valence-corrected chi connectivity index (χ3v) is 3.98. The second kappa shape index (κ2) is 9.85. The van der Waals surface area contributed by atoms with Gasteiger partial charge in [-0.1, -0.05) is 24.3 Å². The van der Waals surface area contributed by atoms with Crippen LogP contribution in [0.3, 0.4) is 0 Å². The first-order valence-electron chi connectivity index (χ1n) is 8.51. The topological polar surface area (TPSA) is 52.3 Å². The van der Waals surface area contributed by atoms with Gasteiger partial charge in [0.05, 0.1) is 6.61 Å². The van der Waals surface area contributed by atoms with Crippen molar-refractivity contribution in [3.8, 4) is 0 Å². The average molecular weight is 381 g/mol. The Morgan fingerprint density at radius 2 is 1.73 bits per heavy atom. The Morgan fingerprint density at radius 1 is 1.12 bits per heavy atom. The zero-order valence-corrected chi connectivity index (χ0v) is 14.6. The van der Waals surface area contributed by atoms with E-state index in [1.807, 2.05) is 12.1 Å². The number of aryl methyl sites for hydroxylation is 1. The van der Waals surface area contributed by atoms with Crippen LogP contribution in [0.5, 0.6) is 0 Å². The van der Waals surface area contributed by atoms with Crippen molar-refractivity contribution >= 4 is 5.97 Å². The fourth-order valence-electron chi connectivity index (χ4n) is 2.45. The van der Waals surface area contributed by atoms with Crippen LogP contribution in [-0.2, 0) is 16.0 Å². The van der Waals surface area contributed by atoms with Gasteiger partial charge < -0.3 is 10.5 Å². The van der Waals surface area contributed by atoms with Gasteiger partial charge in [-0.25, -0.2) is 0 Å². The molecule has 3 nitrogen and oxygen atoms in total. The maximum Gasteiger partial charge on any atom is 0.453 e. The number of nitrogens with two attached hydrogens (primary N) is 1. The summed E-state index contributed by atoms with van der Waals surface area (Å²) in [6.45, 7) is 2.09. The summed E-state index contributed by atoms with van der Waals surface area (Å²) >= 11 is 0. The van der Waals surface area contributed by atoms with Crippen LogP contribution in [0.1, 0.15) is 56.2 Å². The summed E-state index contributed by atoms with van der Waals surface area (Å²) in [4.78, 5) is 11.2. The first-order valence-corrected chi connectivity index (χ1v) is 8.51. The fourth-order valence-corrected chi connectivity index (χ4v) is 2.45. The molecule has 0 heterocycles. The molecule has 0 amide bonds. The second-order valence-corrected chi connectivity index (χ2v) is 6.10. The van der Waals surface area contributed by atoms with Crippen LogP contribution in [0, 0.1) is 0 Å². The Morgan fingerprint density at radius 3 is 2.27 bits per heavy atom. The Hall–Kier alpha value is -1.70. The third-order valence-electron chi connectivity index (χ3n) is 3.98. The van der Waals surface area contributed by atoms with Crippen LogP contribution in [0.2, 0.25) is 0 Å². The van der Waals surface area contributed by atoms with E-state index >= 15 is 0 Å². The Bertz CT molecular complexity index is 558. The van der Waals surface area contributed by atoms with Crippen molar-refractivity contribution in [2.24, 2.45) is 5.73 Å². The molecule has 2 N–H and O–H groups in total. The monoisotopic (exact) mass is 381 g/mol. The highest BCUT2D eigenvalue weighted by molar-refractivity contribution is 5.69. The summed E-state index contributed by atoms with van der Waals surface area (Å²) in [7, 11) is 0. The Labute approximate surface area is 149 Å². The number of alkyl halides is 5. The molecule has 0 fully saturated rings. The van der Waals surface area contributed by atoms with E-state index in [-0.39, 0.29) is 18.8 Å². The summed E-state index contributed by atoms with van der Waals surface area (Å²) in [5.74, 6) is -4.93. The SMILES string of the molecule is CCOC(=O)CCCc1ccc([C@H](N)CCCC(F)(F)C(F)(F)F)cc1. The molecule has 148 valence electrons. The third kappa shape index (κ3) is 7.27. The first kappa shape index (κ1) is 22.3. The molecule has 1 aromatic carbocycles. The van der Waals surface area contributed by atoms with Gasteiger partial charge in [0.1, 0.15) is 0 Å². The zero-order valence-electron chi connectivity index (χ0n) is 14.6. The number of hydrogen-bond acceptors (Lipinski definition) is 3. The van der Waals surface area contributed by atoms with Gasteiger partial charge in [0.25, 0.3) is 0 Å². The molecule has 0 spiro atoms. The molecule has 0 bridgehead atoms. The van der Waals surface area contributed by atoms with Gasteiger partial charge in [-0.15, -0.1) is 0 Å². The highest BCUT2D eigenvalue weighted by Crippen LogP contribution is 2.39. The number of esters is 1. The number of rotatable bonds is 10. The van der Waals surface area contributed by atoms with Crippen LogP contribution in [0.15, 0.2) is 24.3 Å². The number of halogens is 5. The van der Waals surface area contributed by atoms with Crippen molar-refractivity contribution in [1.29, 1.82) is 0 Å². The van der Waals surface area contributed by atoms with E-state index in [0.717, 1.165) is 5.56 Å². The first-order chi connectivity index (χ1) is 12.1.